The molecular weight excluding hydrogens is 491 g/mol. The van der Waals surface area contributed by atoms with Crippen molar-refractivity contribution in [1.29, 1.82) is 0 Å². The molecule has 0 spiro atoms. The number of allylic oxidation sites excluding steroid dienone is 1. The summed E-state index contributed by atoms with van der Waals surface area (Å²) in [5.74, 6) is 0.234. The van der Waals surface area contributed by atoms with Gasteiger partial charge < -0.3 is 0 Å². The monoisotopic (exact) mass is 512 g/mol. The first-order chi connectivity index (χ1) is 16.5. The van der Waals surface area contributed by atoms with Gasteiger partial charge in [-0.05, 0) is 76.7 Å². The van der Waals surface area contributed by atoms with Gasteiger partial charge in [0.25, 0.3) is 5.91 Å². The second-order valence-electron chi connectivity index (χ2n) is 8.31. The molecule has 0 bridgehead atoms. The number of aromatic nitrogens is 4. The largest absolute Gasteiger partial charge is 0.272 e. The highest BCUT2D eigenvalue weighted by molar-refractivity contribution is 7.99. The Hall–Kier alpha value is -2.68. The van der Waals surface area contributed by atoms with Crippen molar-refractivity contribution in [2.24, 2.45) is 18.1 Å². The van der Waals surface area contributed by atoms with Crippen LogP contribution in [0.25, 0.3) is 6.08 Å². The van der Waals surface area contributed by atoms with Crippen LogP contribution in [0.2, 0.25) is 10.0 Å². The standard InChI is InChI=1S/C24H22Cl2N6OS/c1-31-24(27-29-30-31)34-14-21(33)32-23(16-7-11-19(26)12-8-16)20-4-2-3-17(22(20)28-32)13-15-5-9-18(25)10-6-15/h5-13,20,23H,2-4,14H2,1H3. The van der Waals surface area contributed by atoms with Crippen molar-refractivity contribution in [1.82, 2.24) is 25.2 Å². The number of hydrogen-bond donors (Lipinski definition) is 0. The second-order valence-corrected chi connectivity index (χ2v) is 10.1. The average molecular weight is 513 g/mol. The quantitative estimate of drug-likeness (QED) is 0.425. The number of hydrogen-bond acceptors (Lipinski definition) is 6. The van der Waals surface area contributed by atoms with Crippen molar-refractivity contribution in [2.75, 3.05) is 5.75 Å². The Morgan fingerprint density at radius 2 is 1.82 bits per heavy atom. The third-order valence-corrected chi connectivity index (χ3v) is 7.58. The number of tetrazole rings is 1. The predicted octanol–water partition coefficient (Wildman–Crippen LogP) is 5.43. The first-order valence-corrected chi connectivity index (χ1v) is 12.7. The van der Waals surface area contributed by atoms with Gasteiger partial charge in [0.1, 0.15) is 0 Å². The lowest BCUT2D eigenvalue weighted by atomic mass is 9.77. The summed E-state index contributed by atoms with van der Waals surface area (Å²) < 4.78 is 1.55. The van der Waals surface area contributed by atoms with E-state index in [1.54, 1.807) is 16.7 Å². The first kappa shape index (κ1) is 23.1. The van der Waals surface area contributed by atoms with Crippen LogP contribution in [-0.2, 0) is 11.8 Å². The molecule has 2 heterocycles. The van der Waals surface area contributed by atoms with Crippen LogP contribution in [0.4, 0.5) is 0 Å². The zero-order valence-electron chi connectivity index (χ0n) is 18.4. The molecule has 2 unspecified atom stereocenters. The lowest BCUT2D eigenvalue weighted by Crippen LogP contribution is -2.32. The summed E-state index contributed by atoms with van der Waals surface area (Å²) >= 11 is 13.5. The minimum absolute atomic E-state index is 0.0827. The van der Waals surface area contributed by atoms with Crippen LogP contribution in [-0.4, -0.2) is 42.6 Å². The van der Waals surface area contributed by atoms with E-state index in [1.807, 2.05) is 48.5 Å². The van der Waals surface area contributed by atoms with Crippen LogP contribution < -0.4 is 0 Å². The Bertz CT molecular complexity index is 1260. The normalized spacial score (nSPS) is 21.0. The number of fused-ring (bicyclic) bond motifs is 1. The molecule has 0 N–H and O–H groups in total. The molecule has 10 heteroatoms. The fourth-order valence-electron chi connectivity index (χ4n) is 4.50. The Balaban J connectivity index is 1.47. The maximum absolute atomic E-state index is 13.4. The molecule has 1 fully saturated rings. The Kier molecular flexibility index (Phi) is 6.72. The molecule has 2 aliphatic rings. The van der Waals surface area contributed by atoms with Crippen LogP contribution in [0.5, 0.6) is 0 Å². The summed E-state index contributed by atoms with van der Waals surface area (Å²) in [5.41, 5.74) is 4.25. The number of thioether (sulfide) groups is 1. The molecule has 1 aliphatic carbocycles. The zero-order valence-corrected chi connectivity index (χ0v) is 20.8. The van der Waals surface area contributed by atoms with Gasteiger partial charge in [-0.3, -0.25) is 4.79 Å². The molecule has 1 aromatic heterocycles. The SMILES string of the molecule is Cn1nnnc1SCC(=O)N1N=C2C(=Cc3ccc(Cl)cc3)CCCC2C1c1ccc(Cl)cc1. The molecule has 1 aliphatic heterocycles. The first-order valence-electron chi connectivity index (χ1n) is 11.0. The van der Waals surface area contributed by atoms with Gasteiger partial charge in [-0.25, -0.2) is 9.69 Å². The van der Waals surface area contributed by atoms with E-state index in [1.165, 1.54) is 11.8 Å². The number of carbonyl (C=O) groups is 1. The summed E-state index contributed by atoms with van der Waals surface area (Å²) in [6.07, 6.45) is 5.09. The summed E-state index contributed by atoms with van der Waals surface area (Å²) in [6, 6.07) is 15.3. The molecule has 3 aromatic rings. The molecular formula is C24H22Cl2N6OS. The highest BCUT2D eigenvalue weighted by atomic mass is 35.5. The number of aryl methyl sites for hydroxylation is 1. The number of halogens is 2. The maximum Gasteiger partial charge on any atom is 0.253 e. The van der Waals surface area contributed by atoms with E-state index in [4.69, 9.17) is 28.3 Å². The molecule has 1 amide bonds. The minimum atomic E-state index is -0.174. The van der Waals surface area contributed by atoms with E-state index >= 15 is 0 Å². The third-order valence-electron chi connectivity index (χ3n) is 6.09. The number of nitrogens with zero attached hydrogens (tertiary/aromatic N) is 6. The van der Waals surface area contributed by atoms with Crippen LogP contribution in [0, 0.1) is 5.92 Å². The summed E-state index contributed by atoms with van der Waals surface area (Å²) in [4.78, 5) is 13.4. The van der Waals surface area contributed by atoms with Gasteiger partial charge in [0.15, 0.2) is 0 Å². The van der Waals surface area contributed by atoms with Gasteiger partial charge in [0, 0.05) is 23.0 Å². The van der Waals surface area contributed by atoms with Gasteiger partial charge in [-0.15, -0.1) is 5.10 Å². The Morgan fingerprint density at radius 3 is 2.50 bits per heavy atom. The Morgan fingerprint density at radius 1 is 1.12 bits per heavy atom. The van der Waals surface area contributed by atoms with E-state index in [0.717, 1.165) is 41.7 Å². The highest BCUT2D eigenvalue weighted by Crippen LogP contribution is 2.44. The third kappa shape index (κ3) is 4.76. The number of rotatable bonds is 5. The molecule has 2 atom stereocenters. The lowest BCUT2D eigenvalue weighted by Gasteiger charge is -2.29. The van der Waals surface area contributed by atoms with Crippen LogP contribution in [0.1, 0.15) is 36.4 Å². The molecule has 2 aromatic carbocycles. The molecule has 34 heavy (non-hydrogen) atoms. The number of benzene rings is 2. The van der Waals surface area contributed by atoms with Gasteiger partial charge in [-0.1, -0.05) is 59.2 Å². The van der Waals surface area contributed by atoms with Gasteiger partial charge in [-0.2, -0.15) is 5.10 Å². The predicted molar refractivity (Wildman–Crippen MR) is 135 cm³/mol. The Labute approximate surface area is 211 Å². The molecule has 174 valence electrons. The van der Waals surface area contributed by atoms with Crippen molar-refractivity contribution < 1.29 is 4.79 Å². The smallest absolute Gasteiger partial charge is 0.253 e. The van der Waals surface area contributed by atoms with E-state index in [9.17, 15) is 4.79 Å². The van der Waals surface area contributed by atoms with Crippen molar-refractivity contribution in [3.63, 3.8) is 0 Å². The van der Waals surface area contributed by atoms with Crippen LogP contribution >= 0.6 is 35.0 Å². The molecule has 0 radical (unpaired) electrons. The van der Waals surface area contributed by atoms with Crippen molar-refractivity contribution in [3.8, 4) is 0 Å². The van der Waals surface area contributed by atoms with E-state index in [-0.39, 0.29) is 23.6 Å². The maximum atomic E-state index is 13.4. The fraction of sp³-hybridized carbons (Fsp3) is 0.292. The zero-order chi connectivity index (χ0) is 23.7. The number of carbonyl (C=O) groups excluding carboxylic acids is 1. The second kappa shape index (κ2) is 9.90. The van der Waals surface area contributed by atoms with Crippen molar-refractivity contribution >= 4 is 52.7 Å². The summed E-state index contributed by atoms with van der Waals surface area (Å²) in [7, 11) is 1.75. The van der Waals surface area contributed by atoms with E-state index in [2.05, 4.69) is 21.6 Å². The summed E-state index contributed by atoms with van der Waals surface area (Å²) in [5, 5.41) is 20.0. The fourth-order valence-corrected chi connectivity index (χ4v) is 5.45. The van der Waals surface area contributed by atoms with Gasteiger partial charge in [0.2, 0.25) is 5.16 Å². The molecule has 0 saturated heterocycles. The van der Waals surface area contributed by atoms with Crippen molar-refractivity contribution in [2.45, 2.75) is 30.5 Å². The van der Waals surface area contributed by atoms with E-state index < -0.39 is 0 Å². The lowest BCUT2D eigenvalue weighted by molar-refractivity contribution is -0.130. The highest BCUT2D eigenvalue weighted by Gasteiger charge is 2.43. The van der Waals surface area contributed by atoms with Gasteiger partial charge >= 0.3 is 0 Å². The summed E-state index contributed by atoms with van der Waals surface area (Å²) in [6.45, 7) is 0. The van der Waals surface area contributed by atoms with Crippen LogP contribution in [0.3, 0.4) is 0 Å². The van der Waals surface area contributed by atoms with Crippen molar-refractivity contribution in [3.05, 3.63) is 75.3 Å². The molecule has 5 rings (SSSR count). The minimum Gasteiger partial charge on any atom is -0.272 e. The molecule has 7 nitrogen and oxygen atoms in total. The van der Waals surface area contributed by atoms with Gasteiger partial charge in [0.05, 0.1) is 17.5 Å². The van der Waals surface area contributed by atoms with E-state index in [0.29, 0.717) is 15.2 Å². The number of amides is 1. The van der Waals surface area contributed by atoms with Crippen LogP contribution in [0.15, 0.2) is 64.4 Å². The molecule has 1 saturated carbocycles. The topological polar surface area (TPSA) is 76.3 Å². The number of hydrazone groups is 1. The average Bonchev–Trinajstić information content (AvgIpc) is 3.43.